The van der Waals surface area contributed by atoms with Gasteiger partial charge in [0.15, 0.2) is 0 Å². The molecule has 1 aliphatic rings. The Balaban J connectivity index is 1.77. The molecular formula is C23H20O4. The summed E-state index contributed by atoms with van der Waals surface area (Å²) in [4.78, 5) is 0. The Hall–Kier alpha value is -2.50. The molecule has 3 unspecified atom stereocenters. The first-order valence-electron chi connectivity index (χ1n) is 9.12. The third-order valence-corrected chi connectivity index (χ3v) is 5.48. The van der Waals surface area contributed by atoms with Crippen LogP contribution >= 0.6 is 0 Å². The van der Waals surface area contributed by atoms with Crippen LogP contribution in [0.2, 0.25) is 0 Å². The minimum Gasteiger partial charge on any atom is -0.394 e. The summed E-state index contributed by atoms with van der Waals surface area (Å²) in [6, 6.07) is 22.8. The van der Waals surface area contributed by atoms with Gasteiger partial charge in [-0.2, -0.15) is 0 Å². The van der Waals surface area contributed by atoms with E-state index >= 15 is 0 Å². The number of ether oxygens (including phenoxy) is 2. The molecule has 27 heavy (non-hydrogen) atoms. The maximum atomic E-state index is 11.1. The van der Waals surface area contributed by atoms with E-state index in [1.54, 1.807) is 0 Å². The van der Waals surface area contributed by atoms with Crippen molar-refractivity contribution in [2.75, 3.05) is 13.4 Å². The van der Waals surface area contributed by atoms with E-state index in [-0.39, 0.29) is 13.4 Å². The number of benzene rings is 4. The first kappa shape index (κ1) is 16.7. The molecule has 4 heteroatoms. The molecule has 0 aromatic heterocycles. The Morgan fingerprint density at radius 2 is 1.52 bits per heavy atom. The van der Waals surface area contributed by atoms with Crippen molar-refractivity contribution in [1.29, 1.82) is 0 Å². The minimum atomic E-state index is -0.884. The molecule has 0 bridgehead atoms. The maximum absolute atomic E-state index is 11.1. The molecule has 0 saturated carbocycles. The smallest absolute Gasteiger partial charge is 0.148 e. The third kappa shape index (κ3) is 2.69. The zero-order valence-corrected chi connectivity index (χ0v) is 14.7. The van der Waals surface area contributed by atoms with Crippen molar-refractivity contribution >= 4 is 32.3 Å². The zero-order chi connectivity index (χ0) is 18.4. The number of fused-ring (bicyclic) bond motifs is 4. The monoisotopic (exact) mass is 360 g/mol. The fourth-order valence-electron chi connectivity index (χ4n) is 4.11. The standard InChI is InChI=1S/C23H20O4/c24-12-21-23(27-13-26-21)22(25)20-11-16-9-14-5-1-2-6-15(14)10-19(16)17-7-3-4-8-18(17)20/h1-11,21-25H,12-13H2. The van der Waals surface area contributed by atoms with E-state index in [1.165, 1.54) is 5.39 Å². The van der Waals surface area contributed by atoms with E-state index in [9.17, 15) is 10.2 Å². The molecule has 0 spiro atoms. The molecule has 4 aromatic rings. The highest BCUT2D eigenvalue weighted by atomic mass is 16.7. The van der Waals surface area contributed by atoms with Crippen molar-refractivity contribution in [3.8, 4) is 0 Å². The first-order chi connectivity index (χ1) is 13.3. The Morgan fingerprint density at radius 3 is 2.30 bits per heavy atom. The lowest BCUT2D eigenvalue weighted by molar-refractivity contribution is -0.0149. The van der Waals surface area contributed by atoms with Gasteiger partial charge in [-0.25, -0.2) is 0 Å². The van der Waals surface area contributed by atoms with Gasteiger partial charge in [-0.15, -0.1) is 0 Å². The van der Waals surface area contributed by atoms with Gasteiger partial charge in [0.1, 0.15) is 25.1 Å². The van der Waals surface area contributed by atoms with E-state index in [4.69, 9.17) is 9.47 Å². The fraction of sp³-hybridized carbons (Fsp3) is 0.217. The van der Waals surface area contributed by atoms with Crippen molar-refractivity contribution in [3.63, 3.8) is 0 Å². The van der Waals surface area contributed by atoms with Crippen LogP contribution in [0.4, 0.5) is 0 Å². The quantitative estimate of drug-likeness (QED) is 0.430. The number of aliphatic hydroxyl groups excluding tert-OH is 2. The van der Waals surface area contributed by atoms with Gasteiger partial charge in [-0.05, 0) is 56.1 Å². The Morgan fingerprint density at radius 1 is 0.815 bits per heavy atom. The molecule has 136 valence electrons. The van der Waals surface area contributed by atoms with Gasteiger partial charge in [-0.3, -0.25) is 0 Å². The van der Waals surface area contributed by atoms with Gasteiger partial charge in [0, 0.05) is 0 Å². The number of hydrogen-bond donors (Lipinski definition) is 2. The van der Waals surface area contributed by atoms with Gasteiger partial charge in [0.2, 0.25) is 0 Å². The molecule has 1 saturated heterocycles. The SMILES string of the molecule is OCC1OCOC1C(O)c1cc2cc3ccccc3cc2c2ccccc12. The summed E-state index contributed by atoms with van der Waals surface area (Å²) in [7, 11) is 0. The van der Waals surface area contributed by atoms with Gasteiger partial charge >= 0.3 is 0 Å². The van der Waals surface area contributed by atoms with Crippen molar-refractivity contribution in [2.24, 2.45) is 0 Å². The molecule has 1 heterocycles. The van der Waals surface area contributed by atoms with E-state index in [1.807, 2.05) is 36.4 Å². The normalized spacial score (nSPS) is 21.3. The lowest BCUT2D eigenvalue weighted by Crippen LogP contribution is -2.32. The fourth-order valence-corrected chi connectivity index (χ4v) is 4.11. The summed E-state index contributed by atoms with van der Waals surface area (Å²) >= 11 is 0. The molecule has 5 rings (SSSR count). The van der Waals surface area contributed by atoms with Crippen LogP contribution in [0.5, 0.6) is 0 Å². The molecule has 1 aliphatic heterocycles. The number of rotatable bonds is 3. The van der Waals surface area contributed by atoms with Gasteiger partial charge in [0.05, 0.1) is 6.61 Å². The average molecular weight is 360 g/mol. The summed E-state index contributed by atoms with van der Waals surface area (Å²) in [5.74, 6) is 0. The second-order valence-electron chi connectivity index (χ2n) is 7.01. The summed E-state index contributed by atoms with van der Waals surface area (Å²) in [5.41, 5.74) is 0.794. The molecule has 0 aliphatic carbocycles. The summed E-state index contributed by atoms with van der Waals surface area (Å²) in [5, 5.41) is 27.3. The van der Waals surface area contributed by atoms with E-state index < -0.39 is 18.3 Å². The van der Waals surface area contributed by atoms with Crippen molar-refractivity contribution in [2.45, 2.75) is 18.3 Å². The van der Waals surface area contributed by atoms with Crippen LogP contribution in [0.25, 0.3) is 32.3 Å². The largest absolute Gasteiger partial charge is 0.394 e. The Kier molecular flexibility index (Phi) is 4.06. The second kappa shape index (κ2) is 6.59. The summed E-state index contributed by atoms with van der Waals surface area (Å²) in [6.45, 7) is -0.0962. The minimum absolute atomic E-state index is 0.0864. The number of hydrogen-bond acceptors (Lipinski definition) is 4. The summed E-state index contributed by atoms with van der Waals surface area (Å²) in [6.07, 6.45) is -1.99. The molecule has 0 radical (unpaired) electrons. The molecule has 0 amide bonds. The molecule has 4 aromatic carbocycles. The van der Waals surface area contributed by atoms with Crippen LogP contribution in [0, 0.1) is 0 Å². The lowest BCUT2D eigenvalue weighted by Gasteiger charge is -2.23. The van der Waals surface area contributed by atoms with Crippen LogP contribution < -0.4 is 0 Å². The third-order valence-electron chi connectivity index (χ3n) is 5.48. The first-order valence-corrected chi connectivity index (χ1v) is 9.12. The second-order valence-corrected chi connectivity index (χ2v) is 7.01. The van der Waals surface area contributed by atoms with Crippen LogP contribution in [0.15, 0.2) is 66.7 Å². The topological polar surface area (TPSA) is 58.9 Å². The van der Waals surface area contributed by atoms with Crippen molar-refractivity contribution in [1.82, 2.24) is 0 Å². The Labute approximate surface area is 156 Å². The van der Waals surface area contributed by atoms with Crippen LogP contribution in [0.3, 0.4) is 0 Å². The molecule has 4 nitrogen and oxygen atoms in total. The molecular weight excluding hydrogens is 340 g/mol. The molecule has 1 fully saturated rings. The predicted octanol–water partition coefficient (Wildman–Crippen LogP) is 3.91. The number of aliphatic hydroxyl groups is 2. The highest BCUT2D eigenvalue weighted by molar-refractivity contribution is 6.13. The highest BCUT2D eigenvalue weighted by Gasteiger charge is 2.36. The van der Waals surface area contributed by atoms with Crippen molar-refractivity contribution in [3.05, 3.63) is 72.3 Å². The lowest BCUT2D eigenvalue weighted by atomic mass is 9.90. The zero-order valence-electron chi connectivity index (χ0n) is 14.7. The van der Waals surface area contributed by atoms with Crippen molar-refractivity contribution < 1.29 is 19.7 Å². The maximum Gasteiger partial charge on any atom is 0.148 e. The van der Waals surface area contributed by atoms with E-state index in [0.29, 0.717) is 0 Å². The molecule has 2 N–H and O–H groups in total. The molecule has 3 atom stereocenters. The van der Waals surface area contributed by atoms with Crippen LogP contribution in [-0.2, 0) is 9.47 Å². The van der Waals surface area contributed by atoms with E-state index in [2.05, 4.69) is 30.3 Å². The van der Waals surface area contributed by atoms with Gasteiger partial charge < -0.3 is 19.7 Å². The average Bonchev–Trinajstić information content (AvgIpc) is 3.20. The highest BCUT2D eigenvalue weighted by Crippen LogP contribution is 2.37. The van der Waals surface area contributed by atoms with Gasteiger partial charge in [-0.1, -0.05) is 48.5 Å². The van der Waals surface area contributed by atoms with E-state index in [0.717, 1.165) is 32.5 Å². The van der Waals surface area contributed by atoms with Crippen LogP contribution in [0.1, 0.15) is 11.7 Å². The predicted molar refractivity (Wildman–Crippen MR) is 106 cm³/mol. The van der Waals surface area contributed by atoms with Crippen LogP contribution in [-0.4, -0.2) is 35.8 Å². The summed E-state index contributed by atoms with van der Waals surface area (Å²) < 4.78 is 11.0. The Bertz CT molecular complexity index is 1140. The van der Waals surface area contributed by atoms with Gasteiger partial charge in [0.25, 0.3) is 0 Å².